The lowest BCUT2D eigenvalue weighted by molar-refractivity contribution is -0.140. The molecule has 0 saturated heterocycles. The second-order valence-corrected chi connectivity index (χ2v) is 4.79. The highest BCUT2D eigenvalue weighted by atomic mass is 35.5. The summed E-state index contributed by atoms with van der Waals surface area (Å²) in [5, 5.41) is 19.7. The molecule has 2 rings (SSSR count). The van der Waals surface area contributed by atoms with Crippen LogP contribution in [-0.4, -0.2) is 16.2 Å². The molecule has 1 saturated carbocycles. The van der Waals surface area contributed by atoms with Crippen LogP contribution in [0.2, 0.25) is 5.02 Å². The summed E-state index contributed by atoms with van der Waals surface area (Å²) in [6, 6.07) is 1.54. The predicted molar refractivity (Wildman–Crippen MR) is 61.1 cm³/mol. The van der Waals surface area contributed by atoms with Crippen LogP contribution in [-0.2, 0) is 10.2 Å². The number of hydrogen-bond donors (Lipinski definition) is 2. The minimum Gasteiger partial charge on any atom is -0.508 e. The number of aliphatic carboxylic acids is 1. The first-order valence-corrected chi connectivity index (χ1v) is 5.50. The highest BCUT2D eigenvalue weighted by molar-refractivity contribution is 6.32. The van der Waals surface area contributed by atoms with Gasteiger partial charge in [0.05, 0.1) is 5.41 Å². The average Bonchev–Trinajstić information content (AvgIpc) is 2.96. The molecular weight excluding hydrogens is 228 g/mol. The zero-order chi connectivity index (χ0) is 12.1. The molecule has 1 aromatic rings. The Bertz CT molecular complexity index is 476. The Labute approximate surface area is 98.7 Å². The number of aryl methyl sites for hydroxylation is 1. The zero-order valence-corrected chi connectivity index (χ0v) is 9.93. The van der Waals surface area contributed by atoms with Crippen molar-refractivity contribution in [1.82, 2.24) is 0 Å². The van der Waals surface area contributed by atoms with Crippen molar-refractivity contribution in [2.24, 2.45) is 0 Å². The molecule has 0 bridgehead atoms. The van der Waals surface area contributed by atoms with Gasteiger partial charge in [-0.15, -0.1) is 0 Å². The van der Waals surface area contributed by atoms with Gasteiger partial charge in [0.15, 0.2) is 0 Å². The van der Waals surface area contributed by atoms with Crippen LogP contribution in [0.15, 0.2) is 6.07 Å². The fraction of sp³-hybridized carbons (Fsp3) is 0.417. The number of rotatable bonds is 2. The van der Waals surface area contributed by atoms with Crippen molar-refractivity contribution in [1.29, 1.82) is 0 Å². The normalized spacial score (nSPS) is 17.2. The number of aromatic hydroxyl groups is 1. The monoisotopic (exact) mass is 240 g/mol. The van der Waals surface area contributed by atoms with Crippen molar-refractivity contribution in [3.05, 3.63) is 27.8 Å². The van der Waals surface area contributed by atoms with E-state index in [1.54, 1.807) is 13.8 Å². The van der Waals surface area contributed by atoms with E-state index in [-0.39, 0.29) is 5.75 Å². The number of benzene rings is 1. The SMILES string of the molecule is Cc1cc(O)c(C2(C(=O)O)CC2)c(C)c1Cl. The fourth-order valence-corrected chi connectivity index (χ4v) is 2.39. The van der Waals surface area contributed by atoms with Crippen LogP contribution in [0.4, 0.5) is 0 Å². The van der Waals surface area contributed by atoms with Crippen molar-refractivity contribution < 1.29 is 15.0 Å². The van der Waals surface area contributed by atoms with Crippen LogP contribution < -0.4 is 0 Å². The molecule has 3 nitrogen and oxygen atoms in total. The Morgan fingerprint density at radius 3 is 2.44 bits per heavy atom. The van der Waals surface area contributed by atoms with Crippen LogP contribution >= 0.6 is 11.6 Å². The summed E-state index contributed by atoms with van der Waals surface area (Å²) in [5.41, 5.74) is 1.02. The van der Waals surface area contributed by atoms with Gasteiger partial charge in [0.1, 0.15) is 5.75 Å². The molecule has 86 valence electrons. The summed E-state index contributed by atoms with van der Waals surface area (Å²) in [6.45, 7) is 3.55. The molecule has 0 aromatic heterocycles. The van der Waals surface area contributed by atoms with Gasteiger partial charge in [0.2, 0.25) is 0 Å². The van der Waals surface area contributed by atoms with Gasteiger partial charge < -0.3 is 10.2 Å². The Morgan fingerprint density at radius 1 is 1.44 bits per heavy atom. The molecule has 0 unspecified atom stereocenters. The molecule has 0 atom stereocenters. The molecule has 0 radical (unpaired) electrons. The van der Waals surface area contributed by atoms with Gasteiger partial charge in [-0.1, -0.05) is 11.6 Å². The lowest BCUT2D eigenvalue weighted by Gasteiger charge is -2.17. The second kappa shape index (κ2) is 3.39. The first kappa shape index (κ1) is 11.3. The summed E-state index contributed by atoms with van der Waals surface area (Å²) in [5.74, 6) is -0.842. The highest BCUT2D eigenvalue weighted by Crippen LogP contribution is 2.53. The summed E-state index contributed by atoms with van der Waals surface area (Å²) < 4.78 is 0. The molecule has 2 N–H and O–H groups in total. The van der Waals surface area contributed by atoms with E-state index < -0.39 is 11.4 Å². The van der Waals surface area contributed by atoms with Crippen LogP contribution in [0.25, 0.3) is 0 Å². The summed E-state index contributed by atoms with van der Waals surface area (Å²) >= 11 is 6.09. The minimum atomic E-state index is -0.911. The van der Waals surface area contributed by atoms with E-state index >= 15 is 0 Å². The van der Waals surface area contributed by atoms with Crippen molar-refractivity contribution in [3.8, 4) is 5.75 Å². The minimum absolute atomic E-state index is 0.0410. The maximum Gasteiger partial charge on any atom is 0.314 e. The Balaban J connectivity index is 2.67. The van der Waals surface area contributed by atoms with E-state index in [1.807, 2.05) is 0 Å². The van der Waals surface area contributed by atoms with Gasteiger partial charge in [-0.25, -0.2) is 0 Å². The van der Waals surface area contributed by atoms with Crippen LogP contribution in [0.1, 0.15) is 29.5 Å². The van der Waals surface area contributed by atoms with E-state index in [0.717, 1.165) is 5.56 Å². The van der Waals surface area contributed by atoms with Crippen molar-refractivity contribution in [3.63, 3.8) is 0 Å². The molecule has 1 fully saturated rings. The summed E-state index contributed by atoms with van der Waals surface area (Å²) in [7, 11) is 0. The zero-order valence-electron chi connectivity index (χ0n) is 9.17. The quantitative estimate of drug-likeness (QED) is 0.836. The summed E-state index contributed by atoms with van der Waals surface area (Å²) in [4.78, 5) is 11.2. The summed E-state index contributed by atoms with van der Waals surface area (Å²) in [6.07, 6.45) is 1.13. The van der Waals surface area contributed by atoms with Gasteiger partial charge in [-0.2, -0.15) is 0 Å². The second-order valence-electron chi connectivity index (χ2n) is 4.41. The third kappa shape index (κ3) is 1.39. The number of carbonyl (C=O) groups is 1. The van der Waals surface area contributed by atoms with Gasteiger partial charge in [-0.3, -0.25) is 4.79 Å². The van der Waals surface area contributed by atoms with Crippen LogP contribution in [0, 0.1) is 13.8 Å². The standard InChI is InChI=1S/C12H13ClO3/c1-6-5-8(14)9(7(2)10(6)13)12(3-4-12)11(15)16/h5,14H,3-4H2,1-2H3,(H,15,16). The number of carboxylic acid groups (broad SMARTS) is 1. The number of halogens is 1. The van der Waals surface area contributed by atoms with Crippen molar-refractivity contribution in [2.45, 2.75) is 32.1 Å². The number of carboxylic acids is 1. The van der Waals surface area contributed by atoms with E-state index in [1.165, 1.54) is 6.07 Å². The van der Waals surface area contributed by atoms with Crippen molar-refractivity contribution >= 4 is 17.6 Å². The molecule has 1 aromatic carbocycles. The number of hydrogen-bond acceptors (Lipinski definition) is 2. The maximum atomic E-state index is 11.2. The van der Waals surface area contributed by atoms with E-state index in [0.29, 0.717) is 29.0 Å². The molecule has 0 amide bonds. The van der Waals surface area contributed by atoms with E-state index in [9.17, 15) is 15.0 Å². The van der Waals surface area contributed by atoms with Gasteiger partial charge in [-0.05, 0) is 43.9 Å². The first-order valence-electron chi connectivity index (χ1n) is 5.12. The maximum absolute atomic E-state index is 11.2. The van der Waals surface area contributed by atoms with Gasteiger partial charge >= 0.3 is 5.97 Å². The largest absolute Gasteiger partial charge is 0.508 e. The highest BCUT2D eigenvalue weighted by Gasteiger charge is 2.54. The molecule has 0 heterocycles. The molecular formula is C12H13ClO3. The molecule has 1 aliphatic rings. The Morgan fingerprint density at radius 2 is 2.00 bits per heavy atom. The predicted octanol–water partition coefficient (Wildman–Crippen LogP) is 2.78. The average molecular weight is 241 g/mol. The van der Waals surface area contributed by atoms with Crippen LogP contribution in [0.5, 0.6) is 5.75 Å². The topological polar surface area (TPSA) is 57.5 Å². The third-order valence-electron chi connectivity index (χ3n) is 3.30. The smallest absolute Gasteiger partial charge is 0.314 e. The number of phenolic OH excluding ortho intramolecular Hbond substituents is 1. The molecule has 1 aliphatic carbocycles. The van der Waals surface area contributed by atoms with Crippen LogP contribution in [0.3, 0.4) is 0 Å². The van der Waals surface area contributed by atoms with Crippen molar-refractivity contribution in [2.75, 3.05) is 0 Å². The molecule has 0 aliphatic heterocycles. The van der Waals surface area contributed by atoms with Gasteiger partial charge in [0, 0.05) is 10.6 Å². The number of phenols is 1. The molecule has 4 heteroatoms. The van der Waals surface area contributed by atoms with Gasteiger partial charge in [0.25, 0.3) is 0 Å². The lowest BCUT2D eigenvalue weighted by Crippen LogP contribution is -2.21. The lowest BCUT2D eigenvalue weighted by atomic mass is 9.90. The molecule has 16 heavy (non-hydrogen) atoms. The fourth-order valence-electron chi connectivity index (χ4n) is 2.24. The van der Waals surface area contributed by atoms with E-state index in [4.69, 9.17) is 11.6 Å². The Hall–Kier alpha value is -1.22. The molecule has 0 spiro atoms. The Kier molecular flexibility index (Phi) is 2.39. The first-order chi connectivity index (χ1) is 7.40. The van der Waals surface area contributed by atoms with E-state index in [2.05, 4.69) is 0 Å². The third-order valence-corrected chi connectivity index (χ3v) is 3.88.